The van der Waals surface area contributed by atoms with Crippen LogP contribution in [0, 0.1) is 0 Å². The predicted octanol–water partition coefficient (Wildman–Crippen LogP) is 1.77. The van der Waals surface area contributed by atoms with E-state index in [1.807, 2.05) is 34.6 Å². The predicted molar refractivity (Wildman–Crippen MR) is 306 cm³/mol. The lowest BCUT2D eigenvalue weighted by Crippen LogP contribution is -2.59. The third-order valence-electron chi connectivity index (χ3n) is 9.32. The van der Waals surface area contributed by atoms with Crippen LogP contribution in [0.2, 0.25) is 0 Å². The molecule has 5 N–H and O–H groups in total. The molecule has 0 fully saturated rings. The monoisotopic (exact) mass is 1180 g/mol. The third kappa shape index (κ3) is 71.4. The van der Waals surface area contributed by atoms with E-state index in [9.17, 15) is 19.2 Å². The number of carbonyl (C=O) groups is 4. The highest BCUT2D eigenvalue weighted by atomic mass is 16.6. The number of hydrogen-bond donors (Lipinski definition) is 5. The summed E-state index contributed by atoms with van der Waals surface area (Å²) in [5.41, 5.74) is -1.34. The van der Waals surface area contributed by atoms with Gasteiger partial charge in [0.05, 0.1) is 205 Å². The Hall–Kier alpha value is -2.84. The Morgan fingerprint density at radius 1 is 0.333 bits per heavy atom. The zero-order valence-electron chi connectivity index (χ0n) is 51.5. The second-order valence-corrected chi connectivity index (χ2v) is 16.5. The van der Waals surface area contributed by atoms with Crippen LogP contribution in [-0.2, 0) is 99.7 Å². The molecule has 0 radical (unpaired) electrons. The van der Waals surface area contributed by atoms with E-state index in [-0.39, 0.29) is 149 Å². The van der Waals surface area contributed by atoms with E-state index >= 15 is 0 Å². The number of carbonyl (C=O) groups excluding carboxylic acids is 4. The fourth-order valence-electron chi connectivity index (χ4n) is 5.64. The van der Waals surface area contributed by atoms with Gasteiger partial charge in [0.25, 0.3) is 0 Å². The van der Waals surface area contributed by atoms with Crippen molar-refractivity contribution in [3.05, 3.63) is 0 Å². The molecule has 0 aromatic rings. The van der Waals surface area contributed by atoms with Gasteiger partial charge in [-0.1, -0.05) is 54.9 Å². The summed E-state index contributed by atoms with van der Waals surface area (Å²) in [6, 6.07) is 0. The van der Waals surface area contributed by atoms with Gasteiger partial charge in [-0.25, -0.2) is 0 Å². The van der Waals surface area contributed by atoms with Crippen molar-refractivity contribution in [1.82, 2.24) is 21.3 Å². The number of ether oxygens (including phenoxy) is 17. The van der Waals surface area contributed by atoms with Crippen molar-refractivity contribution in [2.24, 2.45) is 0 Å². The van der Waals surface area contributed by atoms with E-state index in [4.69, 9.17) is 85.6 Å². The minimum Gasteiger partial charge on any atom is -0.394 e. The molecule has 0 aliphatic heterocycles. The first-order valence-electron chi connectivity index (χ1n) is 29.1. The summed E-state index contributed by atoms with van der Waals surface area (Å²) in [6.45, 7) is 23.9. The van der Waals surface area contributed by atoms with Gasteiger partial charge in [0, 0.05) is 59.7 Å². The average Bonchev–Trinajstić information content (AvgIpc) is 3.47. The summed E-state index contributed by atoms with van der Waals surface area (Å²) < 4.78 is 93.0. The smallest absolute Gasteiger partial charge is 0.246 e. The first-order chi connectivity index (χ1) is 39.7. The summed E-state index contributed by atoms with van der Waals surface area (Å²) in [6.07, 6.45) is 2.16. The summed E-state index contributed by atoms with van der Waals surface area (Å²) in [7, 11) is 3.22. The number of nitrogens with one attached hydrogen (secondary N) is 4. The lowest BCUT2D eigenvalue weighted by molar-refractivity contribution is -0.134. The lowest BCUT2D eigenvalue weighted by atomic mass is 10.0. The van der Waals surface area contributed by atoms with Crippen molar-refractivity contribution in [2.45, 2.75) is 86.1 Å². The van der Waals surface area contributed by atoms with Gasteiger partial charge >= 0.3 is 0 Å². The molecule has 0 aliphatic rings. The molecule has 81 heavy (non-hydrogen) atoms. The van der Waals surface area contributed by atoms with Crippen LogP contribution in [0.3, 0.4) is 0 Å². The lowest BCUT2D eigenvalue weighted by Gasteiger charge is -2.34. The molecule has 0 spiro atoms. The molecule has 0 bridgehead atoms. The van der Waals surface area contributed by atoms with Gasteiger partial charge in [0.2, 0.25) is 23.6 Å². The number of aliphatic hydroxyl groups is 1. The van der Waals surface area contributed by atoms with Gasteiger partial charge in [-0.3, -0.25) is 19.2 Å². The maximum atomic E-state index is 13.4. The van der Waals surface area contributed by atoms with Gasteiger partial charge < -0.3 is 107 Å². The van der Waals surface area contributed by atoms with E-state index < -0.39 is 11.4 Å². The molecular weight excluding hydrogens is 1070 g/mol. The zero-order valence-corrected chi connectivity index (χ0v) is 51.5. The molecule has 486 valence electrons. The molecule has 0 atom stereocenters. The summed E-state index contributed by atoms with van der Waals surface area (Å²) >= 11 is 0. The van der Waals surface area contributed by atoms with Gasteiger partial charge in [-0.05, 0) is 6.42 Å². The van der Waals surface area contributed by atoms with E-state index in [0.717, 1.165) is 6.42 Å². The molecule has 26 heteroatoms. The van der Waals surface area contributed by atoms with Crippen LogP contribution in [0.25, 0.3) is 0 Å². The van der Waals surface area contributed by atoms with E-state index in [1.165, 1.54) is 6.42 Å². The highest BCUT2D eigenvalue weighted by molar-refractivity contribution is 5.78. The highest BCUT2D eigenvalue weighted by Crippen LogP contribution is 2.11. The third-order valence-corrected chi connectivity index (χ3v) is 9.32. The van der Waals surface area contributed by atoms with Crippen LogP contribution in [0.4, 0.5) is 0 Å². The van der Waals surface area contributed by atoms with Crippen LogP contribution < -0.4 is 21.3 Å². The van der Waals surface area contributed by atoms with Crippen molar-refractivity contribution in [1.29, 1.82) is 0 Å². The van der Waals surface area contributed by atoms with Crippen LogP contribution in [0.5, 0.6) is 0 Å². The highest BCUT2D eigenvalue weighted by Gasteiger charge is 2.34. The molecule has 0 aliphatic carbocycles. The standard InChI is InChI=1S/C48H94N4O22.C3H8.2C2H6/c1-4-12-60-24-29-70-38-39-71-40-47(57)52-48(41-72-13-5-44(54)49-8-16-61-25-30-67-33-28-64-19-11-53,42-73-14-6-45(55)50-9-17-62-26-31-68-36-34-65-22-20-58-2)43-74-15-7-46(56)51-10-18-63-27-32-69-37-35-66-23-21-59-3;1-3-2;2*1-2/h53H,4-43H2,1-3H3,(H,49,54)(H,50,55)(H,51,56)(H,52,57);3H2,1-2H3;2*1-2H3. The Morgan fingerprint density at radius 2 is 0.593 bits per heavy atom. The average molecular weight is 1180 g/mol. The first kappa shape index (κ1) is 84.6. The number of aliphatic hydroxyl groups excluding tert-OH is 1. The molecule has 0 saturated carbocycles. The van der Waals surface area contributed by atoms with E-state index in [1.54, 1.807) is 14.2 Å². The van der Waals surface area contributed by atoms with Crippen LogP contribution in [-0.4, -0.2) is 286 Å². The summed E-state index contributed by atoms with van der Waals surface area (Å²) in [4.78, 5) is 51.4. The molecule has 4 amide bonds. The Balaban J connectivity index is -0.00000403. The van der Waals surface area contributed by atoms with Crippen molar-refractivity contribution in [3.8, 4) is 0 Å². The SMILES string of the molecule is CC.CC.CCC.CCCOCCOCCOCC(=O)NC(COCCC(=O)NCCOCCOCCOCCO)(COCCC(=O)NCCOCCOCCOCCOC)COCCC(=O)NCCOCCOCCOCCOC. The minimum absolute atomic E-state index is 0.00233. The van der Waals surface area contributed by atoms with Crippen LogP contribution >= 0.6 is 0 Å². The van der Waals surface area contributed by atoms with E-state index in [2.05, 4.69) is 35.1 Å². The van der Waals surface area contributed by atoms with Crippen molar-refractivity contribution >= 4 is 23.6 Å². The molecule has 26 nitrogen and oxygen atoms in total. The van der Waals surface area contributed by atoms with Crippen molar-refractivity contribution in [3.63, 3.8) is 0 Å². The fraction of sp³-hybridized carbons (Fsp3) is 0.927. The molecule has 0 aromatic heterocycles. The van der Waals surface area contributed by atoms with Gasteiger partial charge in [-0.2, -0.15) is 0 Å². The molecule has 0 heterocycles. The largest absolute Gasteiger partial charge is 0.394 e. The quantitative estimate of drug-likeness (QED) is 0.0542. The molecule has 0 rings (SSSR count). The fourth-order valence-corrected chi connectivity index (χ4v) is 5.64. The van der Waals surface area contributed by atoms with E-state index in [0.29, 0.717) is 126 Å². The maximum Gasteiger partial charge on any atom is 0.246 e. The number of rotatable bonds is 61. The summed E-state index contributed by atoms with van der Waals surface area (Å²) in [5, 5.41) is 20.0. The Morgan fingerprint density at radius 3 is 0.877 bits per heavy atom. The topological polar surface area (TPSA) is 294 Å². The van der Waals surface area contributed by atoms with Crippen molar-refractivity contribution < 1.29 is 105 Å². The summed E-state index contributed by atoms with van der Waals surface area (Å²) in [5.74, 6) is -1.35. The maximum absolute atomic E-state index is 13.4. The zero-order chi connectivity index (χ0) is 60.7. The Kier molecular flexibility index (Phi) is 78.5. The van der Waals surface area contributed by atoms with Gasteiger partial charge in [0.15, 0.2) is 0 Å². The first-order valence-corrected chi connectivity index (χ1v) is 29.1. The Bertz CT molecular complexity index is 1220. The second kappa shape index (κ2) is 75.2. The number of methoxy groups -OCH3 is 2. The molecule has 0 aromatic carbocycles. The molecule has 0 unspecified atom stereocenters. The van der Waals surface area contributed by atoms with Gasteiger partial charge in [0.1, 0.15) is 12.1 Å². The minimum atomic E-state index is -1.34. The second-order valence-electron chi connectivity index (χ2n) is 16.5. The number of hydrogen-bond acceptors (Lipinski definition) is 22. The van der Waals surface area contributed by atoms with Crippen LogP contribution in [0.1, 0.15) is 80.6 Å². The van der Waals surface area contributed by atoms with Gasteiger partial charge in [-0.15, -0.1) is 0 Å². The van der Waals surface area contributed by atoms with Crippen molar-refractivity contribution in [2.75, 3.05) is 252 Å². The van der Waals surface area contributed by atoms with Crippen LogP contribution in [0.15, 0.2) is 0 Å². The number of amides is 4. The normalized spacial score (nSPS) is 10.9. The molecular formula is C55H114N4O22. The Labute approximate surface area is 486 Å². The molecule has 0 saturated heterocycles.